The van der Waals surface area contributed by atoms with Gasteiger partial charge in [0.2, 0.25) is 11.8 Å². The first-order valence-corrected chi connectivity index (χ1v) is 10.5. The number of benzene rings is 2. The first-order valence-electron chi connectivity index (χ1n) is 10.5. The molecule has 0 aromatic heterocycles. The van der Waals surface area contributed by atoms with E-state index in [9.17, 15) is 24.3 Å². The maximum absolute atomic E-state index is 13.0. The van der Waals surface area contributed by atoms with Crippen LogP contribution in [0.1, 0.15) is 34.6 Å². The fourth-order valence-electron chi connectivity index (χ4n) is 3.50. The number of nitrogens with one attached hydrogen (secondary N) is 2. The molecule has 9 heteroatoms. The molecule has 1 atom stereocenters. The van der Waals surface area contributed by atoms with Gasteiger partial charge in [0, 0.05) is 26.8 Å². The van der Waals surface area contributed by atoms with Gasteiger partial charge in [-0.05, 0) is 30.2 Å². The van der Waals surface area contributed by atoms with Crippen LogP contribution in [-0.2, 0) is 9.59 Å². The van der Waals surface area contributed by atoms with Crippen molar-refractivity contribution < 1.29 is 24.3 Å². The third-order valence-electron chi connectivity index (χ3n) is 5.16. The van der Waals surface area contributed by atoms with E-state index in [0.717, 1.165) is 0 Å². The molecule has 0 saturated heterocycles. The lowest BCUT2D eigenvalue weighted by Gasteiger charge is -2.30. The molecule has 2 rings (SSSR count). The van der Waals surface area contributed by atoms with Gasteiger partial charge in [-0.2, -0.15) is 0 Å². The normalized spacial score (nSPS) is 11.5. The molecule has 0 unspecified atom stereocenters. The molecule has 0 aliphatic heterocycles. The Balaban J connectivity index is 2.11. The summed E-state index contributed by atoms with van der Waals surface area (Å²) in [6.45, 7) is 3.27. The number of carboxylic acid groups (broad SMARTS) is 1. The van der Waals surface area contributed by atoms with Crippen molar-refractivity contribution in [1.82, 2.24) is 10.2 Å². The summed E-state index contributed by atoms with van der Waals surface area (Å²) in [6, 6.07) is 12.2. The molecule has 3 amide bonds. The lowest BCUT2D eigenvalue weighted by molar-refractivity contribution is -0.137. The van der Waals surface area contributed by atoms with Gasteiger partial charge in [0.05, 0.1) is 23.4 Å². The van der Waals surface area contributed by atoms with Crippen molar-refractivity contribution >= 4 is 35.1 Å². The number of amides is 3. The molecule has 3 N–H and O–H groups in total. The number of carbonyl (C=O) groups is 4. The highest BCUT2D eigenvalue weighted by Crippen LogP contribution is 2.19. The van der Waals surface area contributed by atoms with Gasteiger partial charge in [-0.3, -0.25) is 14.4 Å². The Kier molecular flexibility index (Phi) is 8.56. The largest absolute Gasteiger partial charge is 0.478 e. The number of carbonyl (C=O) groups excluding carboxylic acids is 3. The molecule has 0 fully saturated rings. The standard InChI is InChI=1S/C24H30N4O5/c1-15(2)21(23(31)26-18-12-8-6-10-16(18)24(32)33)28(5)20(29)14-25-22(30)17-11-7-9-13-19(17)27(3)4/h6-13,15,21H,14H2,1-5H3,(H,25,30)(H,26,31)(H,32,33)/t21-/m1/s1. The van der Waals surface area contributed by atoms with Crippen molar-refractivity contribution in [1.29, 1.82) is 0 Å². The van der Waals surface area contributed by atoms with Crippen LogP contribution in [0.3, 0.4) is 0 Å². The van der Waals surface area contributed by atoms with Crippen molar-refractivity contribution in [2.75, 3.05) is 37.9 Å². The molecule has 2 aromatic carbocycles. The summed E-state index contributed by atoms with van der Waals surface area (Å²) >= 11 is 0. The number of hydrogen-bond acceptors (Lipinski definition) is 5. The number of hydrogen-bond donors (Lipinski definition) is 3. The monoisotopic (exact) mass is 454 g/mol. The topological polar surface area (TPSA) is 119 Å². The molecule has 2 aromatic rings. The molecule has 33 heavy (non-hydrogen) atoms. The number of nitrogens with zero attached hydrogens (tertiary/aromatic N) is 2. The van der Waals surface area contributed by atoms with Crippen LogP contribution in [0, 0.1) is 5.92 Å². The van der Waals surface area contributed by atoms with E-state index in [1.165, 1.54) is 24.1 Å². The minimum Gasteiger partial charge on any atom is -0.478 e. The molecule has 0 aliphatic rings. The van der Waals surface area contributed by atoms with Crippen LogP contribution in [0.2, 0.25) is 0 Å². The summed E-state index contributed by atoms with van der Waals surface area (Å²) in [7, 11) is 5.12. The SMILES string of the molecule is CC(C)[C@H](C(=O)Nc1ccccc1C(=O)O)N(C)C(=O)CNC(=O)c1ccccc1N(C)C. The zero-order chi connectivity index (χ0) is 24.7. The van der Waals surface area contributed by atoms with Crippen LogP contribution >= 0.6 is 0 Å². The molecule has 0 radical (unpaired) electrons. The third-order valence-corrected chi connectivity index (χ3v) is 5.16. The lowest BCUT2D eigenvalue weighted by atomic mass is 10.0. The Labute approximate surface area is 193 Å². The van der Waals surface area contributed by atoms with Crippen LogP contribution in [0.15, 0.2) is 48.5 Å². The average molecular weight is 455 g/mol. The molecule has 0 heterocycles. The summed E-state index contributed by atoms with van der Waals surface area (Å²) in [5, 5.41) is 14.6. The smallest absolute Gasteiger partial charge is 0.337 e. The van der Waals surface area contributed by atoms with Crippen LogP contribution in [0.25, 0.3) is 0 Å². The average Bonchev–Trinajstić information content (AvgIpc) is 2.77. The van der Waals surface area contributed by atoms with Gasteiger partial charge in [0.25, 0.3) is 5.91 Å². The highest BCUT2D eigenvalue weighted by Gasteiger charge is 2.30. The van der Waals surface area contributed by atoms with Gasteiger partial charge in [-0.25, -0.2) is 4.79 Å². The minimum absolute atomic E-state index is 0.0471. The summed E-state index contributed by atoms with van der Waals surface area (Å²) < 4.78 is 0. The van der Waals surface area contributed by atoms with E-state index >= 15 is 0 Å². The number of para-hydroxylation sites is 2. The van der Waals surface area contributed by atoms with Crippen molar-refractivity contribution in [2.45, 2.75) is 19.9 Å². The van der Waals surface area contributed by atoms with Gasteiger partial charge < -0.3 is 25.5 Å². The maximum Gasteiger partial charge on any atom is 0.337 e. The molecule has 0 spiro atoms. The van der Waals surface area contributed by atoms with E-state index in [2.05, 4.69) is 10.6 Å². The zero-order valence-corrected chi connectivity index (χ0v) is 19.5. The van der Waals surface area contributed by atoms with Crippen LogP contribution in [0.5, 0.6) is 0 Å². The Bertz CT molecular complexity index is 1040. The van der Waals surface area contributed by atoms with E-state index in [-0.39, 0.29) is 23.7 Å². The molecular formula is C24H30N4O5. The first kappa shape index (κ1) is 25.4. The van der Waals surface area contributed by atoms with Crippen molar-refractivity contribution in [3.63, 3.8) is 0 Å². The van der Waals surface area contributed by atoms with Crippen molar-refractivity contribution in [2.24, 2.45) is 5.92 Å². The molecule has 0 bridgehead atoms. The minimum atomic E-state index is -1.17. The van der Waals surface area contributed by atoms with Crippen LogP contribution in [0.4, 0.5) is 11.4 Å². The summed E-state index contributed by atoms with van der Waals surface area (Å²) in [5.41, 5.74) is 1.25. The quantitative estimate of drug-likeness (QED) is 0.535. The summed E-state index contributed by atoms with van der Waals surface area (Å²) in [6.07, 6.45) is 0. The summed E-state index contributed by atoms with van der Waals surface area (Å²) in [4.78, 5) is 52.9. The van der Waals surface area contributed by atoms with Gasteiger partial charge in [-0.1, -0.05) is 38.1 Å². The fourth-order valence-corrected chi connectivity index (χ4v) is 3.50. The van der Waals surface area contributed by atoms with Crippen LogP contribution in [-0.4, -0.2) is 67.4 Å². The molecule has 176 valence electrons. The van der Waals surface area contributed by atoms with E-state index in [4.69, 9.17) is 0 Å². The Morgan fingerprint density at radius 1 is 0.909 bits per heavy atom. The van der Waals surface area contributed by atoms with E-state index in [1.807, 2.05) is 20.2 Å². The van der Waals surface area contributed by atoms with E-state index < -0.39 is 29.7 Å². The molecule has 0 aliphatic carbocycles. The van der Waals surface area contributed by atoms with Gasteiger partial charge in [0.15, 0.2) is 0 Å². The number of anilines is 2. The van der Waals surface area contributed by atoms with Gasteiger partial charge in [0.1, 0.15) is 6.04 Å². The van der Waals surface area contributed by atoms with Crippen molar-refractivity contribution in [3.8, 4) is 0 Å². The lowest BCUT2D eigenvalue weighted by Crippen LogP contribution is -2.51. The molecule has 0 saturated carbocycles. The van der Waals surface area contributed by atoms with Crippen molar-refractivity contribution in [3.05, 3.63) is 59.7 Å². The Morgan fingerprint density at radius 2 is 1.48 bits per heavy atom. The number of rotatable bonds is 9. The zero-order valence-electron chi connectivity index (χ0n) is 19.5. The predicted octanol–water partition coefficient (Wildman–Crippen LogP) is 2.30. The third kappa shape index (κ3) is 6.31. The fraction of sp³-hybridized carbons (Fsp3) is 0.333. The first-order chi connectivity index (χ1) is 15.5. The summed E-state index contributed by atoms with van der Waals surface area (Å²) in [5.74, 6) is -2.80. The number of aromatic carboxylic acids is 1. The van der Waals surface area contributed by atoms with E-state index in [1.54, 1.807) is 49.1 Å². The molecular weight excluding hydrogens is 424 g/mol. The second kappa shape index (κ2) is 11.1. The predicted molar refractivity (Wildman–Crippen MR) is 127 cm³/mol. The number of likely N-dealkylation sites (N-methyl/N-ethyl adjacent to an activating group) is 1. The highest BCUT2D eigenvalue weighted by molar-refractivity contribution is 6.04. The maximum atomic E-state index is 13.0. The van der Waals surface area contributed by atoms with Gasteiger partial charge >= 0.3 is 5.97 Å². The highest BCUT2D eigenvalue weighted by atomic mass is 16.4. The van der Waals surface area contributed by atoms with E-state index in [0.29, 0.717) is 11.3 Å². The number of carboxylic acids is 1. The van der Waals surface area contributed by atoms with Crippen LogP contribution < -0.4 is 15.5 Å². The molecule has 9 nitrogen and oxygen atoms in total. The second-order valence-corrected chi connectivity index (χ2v) is 8.13. The Morgan fingerprint density at radius 3 is 2.06 bits per heavy atom. The Hall–Kier alpha value is -3.88. The van der Waals surface area contributed by atoms with Gasteiger partial charge in [-0.15, -0.1) is 0 Å². The second-order valence-electron chi connectivity index (χ2n) is 8.13.